The summed E-state index contributed by atoms with van der Waals surface area (Å²) in [4.78, 5) is 4.30. The quantitative estimate of drug-likeness (QED) is 0.728. The zero-order chi connectivity index (χ0) is 15.0. The number of rotatable bonds is 3. The van der Waals surface area contributed by atoms with Gasteiger partial charge < -0.3 is 10.5 Å². The van der Waals surface area contributed by atoms with Gasteiger partial charge in [-0.15, -0.1) is 0 Å². The maximum Gasteiger partial charge on any atom is 0.245 e. The Balaban J connectivity index is 2.08. The molecule has 0 saturated heterocycles. The van der Waals surface area contributed by atoms with E-state index in [-0.39, 0.29) is 0 Å². The van der Waals surface area contributed by atoms with E-state index in [4.69, 9.17) is 10.5 Å². The van der Waals surface area contributed by atoms with Crippen LogP contribution in [0.4, 0.5) is 5.69 Å². The van der Waals surface area contributed by atoms with E-state index in [2.05, 4.69) is 39.9 Å². The van der Waals surface area contributed by atoms with Crippen molar-refractivity contribution in [3.8, 4) is 11.6 Å². The van der Waals surface area contributed by atoms with E-state index in [9.17, 15) is 0 Å². The van der Waals surface area contributed by atoms with Crippen LogP contribution in [0.5, 0.6) is 11.6 Å². The number of halogens is 1. The molecule has 0 saturated carbocycles. The average Bonchev–Trinajstić information content (AvgIpc) is 2.88. The fourth-order valence-electron chi connectivity index (χ4n) is 2.01. The van der Waals surface area contributed by atoms with Gasteiger partial charge in [-0.3, -0.25) is 0 Å². The minimum absolute atomic E-state index is 0.339. The second-order valence-corrected chi connectivity index (χ2v) is 5.90. The largest absolute Gasteiger partial charge is 0.434 e. The average molecular weight is 347 g/mol. The van der Waals surface area contributed by atoms with Crippen molar-refractivity contribution in [3.63, 3.8) is 0 Å². The third kappa shape index (κ3) is 2.58. The van der Waals surface area contributed by atoms with E-state index >= 15 is 0 Å². The van der Waals surface area contributed by atoms with Crippen LogP contribution in [-0.2, 0) is 0 Å². The molecule has 0 radical (unpaired) electrons. The van der Waals surface area contributed by atoms with E-state index < -0.39 is 0 Å². The molecular weight excluding hydrogens is 332 g/mol. The molecule has 0 unspecified atom stereocenters. The molecule has 0 amide bonds. The number of fused-ring (bicyclic) bond motifs is 1. The highest BCUT2D eigenvalue weighted by molar-refractivity contribution is 9.10. The van der Waals surface area contributed by atoms with E-state index in [1.807, 2.05) is 18.2 Å². The van der Waals surface area contributed by atoms with Crippen LogP contribution < -0.4 is 10.5 Å². The standard InChI is InChI=1S/C15H15BrN4O/c1-9(2)12-8-13-15(18-6-7-20(13)19-12)21-14-10(16)4-3-5-11(14)17/h3-9H,17H2,1-2H3. The molecule has 0 bridgehead atoms. The number of hydrogen-bond donors (Lipinski definition) is 1. The summed E-state index contributed by atoms with van der Waals surface area (Å²) in [5.41, 5.74) is 8.32. The smallest absolute Gasteiger partial charge is 0.245 e. The summed E-state index contributed by atoms with van der Waals surface area (Å²) in [5.74, 6) is 1.38. The van der Waals surface area contributed by atoms with Crippen LogP contribution in [0.25, 0.3) is 5.52 Å². The Morgan fingerprint density at radius 3 is 2.86 bits per heavy atom. The molecule has 21 heavy (non-hydrogen) atoms. The molecule has 5 nitrogen and oxygen atoms in total. The number of nitrogens with two attached hydrogens (primary N) is 1. The van der Waals surface area contributed by atoms with Crippen molar-refractivity contribution in [1.29, 1.82) is 0 Å². The molecule has 3 aromatic rings. The molecule has 0 aliphatic heterocycles. The minimum Gasteiger partial charge on any atom is -0.434 e. The zero-order valence-corrected chi connectivity index (χ0v) is 13.3. The highest BCUT2D eigenvalue weighted by atomic mass is 79.9. The van der Waals surface area contributed by atoms with Gasteiger partial charge in [-0.1, -0.05) is 19.9 Å². The summed E-state index contributed by atoms with van der Waals surface area (Å²) in [6, 6.07) is 7.51. The van der Waals surface area contributed by atoms with Crippen molar-refractivity contribution >= 4 is 27.1 Å². The number of nitrogen functional groups attached to an aromatic ring is 1. The van der Waals surface area contributed by atoms with Crippen LogP contribution in [0.1, 0.15) is 25.5 Å². The van der Waals surface area contributed by atoms with Crippen LogP contribution in [-0.4, -0.2) is 14.6 Å². The van der Waals surface area contributed by atoms with Crippen molar-refractivity contribution in [2.75, 3.05) is 5.73 Å². The summed E-state index contributed by atoms with van der Waals surface area (Å²) in [6.45, 7) is 4.20. The maximum atomic E-state index is 5.96. The summed E-state index contributed by atoms with van der Waals surface area (Å²) in [6.07, 6.45) is 3.46. The first-order valence-corrected chi connectivity index (χ1v) is 7.41. The lowest BCUT2D eigenvalue weighted by Gasteiger charge is -2.09. The normalized spacial score (nSPS) is 11.2. The van der Waals surface area contributed by atoms with Crippen LogP contribution in [0.2, 0.25) is 0 Å². The number of anilines is 1. The first-order chi connectivity index (χ1) is 10.1. The topological polar surface area (TPSA) is 65.4 Å². The van der Waals surface area contributed by atoms with E-state index in [1.54, 1.807) is 23.0 Å². The fourth-order valence-corrected chi connectivity index (χ4v) is 2.47. The van der Waals surface area contributed by atoms with Gasteiger partial charge >= 0.3 is 0 Å². The third-order valence-corrected chi connectivity index (χ3v) is 3.79. The molecule has 0 spiro atoms. The Hall–Kier alpha value is -2.08. The Labute approximate surface area is 130 Å². The Bertz CT molecular complexity index is 777. The minimum atomic E-state index is 0.339. The van der Waals surface area contributed by atoms with Gasteiger partial charge in [0.05, 0.1) is 15.9 Å². The predicted molar refractivity (Wildman–Crippen MR) is 85.7 cm³/mol. The SMILES string of the molecule is CC(C)c1cc2c(Oc3c(N)cccc3Br)nccn2n1. The van der Waals surface area contributed by atoms with Gasteiger partial charge in [0.15, 0.2) is 5.75 Å². The number of aromatic nitrogens is 3. The monoisotopic (exact) mass is 346 g/mol. The van der Waals surface area contributed by atoms with Crippen LogP contribution in [0, 0.1) is 0 Å². The van der Waals surface area contributed by atoms with Crippen LogP contribution >= 0.6 is 15.9 Å². The van der Waals surface area contributed by atoms with Gasteiger partial charge in [0, 0.05) is 12.4 Å². The molecule has 0 fully saturated rings. The second kappa shape index (κ2) is 5.37. The van der Waals surface area contributed by atoms with Gasteiger partial charge in [0.2, 0.25) is 5.88 Å². The van der Waals surface area contributed by atoms with Gasteiger partial charge in [0.1, 0.15) is 5.52 Å². The molecule has 1 aromatic carbocycles. The molecule has 2 heterocycles. The Morgan fingerprint density at radius 1 is 1.33 bits per heavy atom. The molecule has 0 aliphatic rings. The summed E-state index contributed by atoms with van der Waals surface area (Å²) >= 11 is 3.44. The van der Waals surface area contributed by atoms with Crippen LogP contribution in [0.15, 0.2) is 41.1 Å². The third-order valence-electron chi connectivity index (χ3n) is 3.16. The lowest BCUT2D eigenvalue weighted by molar-refractivity contribution is 0.465. The molecule has 108 valence electrons. The lowest BCUT2D eigenvalue weighted by atomic mass is 10.1. The van der Waals surface area contributed by atoms with Gasteiger partial charge in [0.25, 0.3) is 0 Å². The van der Waals surface area contributed by atoms with E-state index in [0.29, 0.717) is 23.2 Å². The van der Waals surface area contributed by atoms with Crippen molar-refractivity contribution in [3.05, 3.63) is 46.8 Å². The lowest BCUT2D eigenvalue weighted by Crippen LogP contribution is -1.97. The van der Waals surface area contributed by atoms with E-state index in [0.717, 1.165) is 15.7 Å². The zero-order valence-electron chi connectivity index (χ0n) is 11.7. The number of benzene rings is 1. The predicted octanol–water partition coefficient (Wildman–Crippen LogP) is 3.99. The first-order valence-electron chi connectivity index (χ1n) is 6.62. The van der Waals surface area contributed by atoms with Gasteiger partial charge in [-0.05, 0) is 40.0 Å². The number of nitrogens with zero attached hydrogens (tertiary/aromatic N) is 3. The maximum absolute atomic E-state index is 5.96. The first kappa shape index (κ1) is 13.9. The van der Waals surface area contributed by atoms with Gasteiger partial charge in [-0.25, -0.2) is 9.50 Å². The molecule has 6 heteroatoms. The summed E-state index contributed by atoms with van der Waals surface area (Å²) in [7, 11) is 0. The molecule has 0 aliphatic carbocycles. The Morgan fingerprint density at radius 2 is 2.14 bits per heavy atom. The summed E-state index contributed by atoms with van der Waals surface area (Å²) < 4.78 is 8.46. The molecule has 0 atom stereocenters. The number of hydrogen-bond acceptors (Lipinski definition) is 4. The van der Waals surface area contributed by atoms with Crippen molar-refractivity contribution < 1.29 is 4.74 Å². The number of ether oxygens (including phenoxy) is 1. The van der Waals surface area contributed by atoms with E-state index in [1.165, 1.54) is 0 Å². The highest BCUT2D eigenvalue weighted by Crippen LogP contribution is 2.35. The van der Waals surface area contributed by atoms with Crippen molar-refractivity contribution in [2.45, 2.75) is 19.8 Å². The number of para-hydroxylation sites is 1. The molecule has 2 N–H and O–H groups in total. The summed E-state index contributed by atoms with van der Waals surface area (Å²) in [5, 5.41) is 4.51. The fraction of sp³-hybridized carbons (Fsp3) is 0.200. The molecular formula is C15H15BrN4O. The Kier molecular flexibility index (Phi) is 3.55. The highest BCUT2D eigenvalue weighted by Gasteiger charge is 2.14. The van der Waals surface area contributed by atoms with Crippen molar-refractivity contribution in [2.24, 2.45) is 0 Å². The molecule has 2 aromatic heterocycles. The second-order valence-electron chi connectivity index (χ2n) is 5.05. The molecule has 3 rings (SSSR count). The van der Waals surface area contributed by atoms with Crippen molar-refractivity contribution in [1.82, 2.24) is 14.6 Å². The van der Waals surface area contributed by atoms with Gasteiger partial charge in [-0.2, -0.15) is 5.10 Å². The van der Waals surface area contributed by atoms with Crippen LogP contribution in [0.3, 0.4) is 0 Å².